The minimum Gasteiger partial charge on any atom is -0.463 e. The van der Waals surface area contributed by atoms with E-state index in [-0.39, 0.29) is 12.6 Å². The highest BCUT2D eigenvalue weighted by atomic mass is 16.6. The molecule has 3 aromatic carbocycles. The number of ether oxygens (including phenoxy) is 6. The summed E-state index contributed by atoms with van der Waals surface area (Å²) in [6.45, 7) is 6.58. The average Bonchev–Trinajstić information content (AvgIpc) is 3.10. The second kappa shape index (κ2) is 24.2. The SMILES string of the molecule is CCCCCCCCCC(=O)OCCOCCOCCOCCOCCOC(c1ccccc1)(c1ccccc1)c1ccccc1. The molecule has 0 bridgehead atoms. The van der Waals surface area contributed by atoms with Crippen molar-refractivity contribution in [3.8, 4) is 0 Å². The Morgan fingerprint density at radius 3 is 1.28 bits per heavy atom. The number of carbonyl (C=O) groups is 1. The molecule has 252 valence electrons. The van der Waals surface area contributed by atoms with Crippen molar-refractivity contribution < 1.29 is 33.2 Å². The van der Waals surface area contributed by atoms with Crippen LogP contribution in [0.25, 0.3) is 0 Å². The Balaban J connectivity index is 1.20. The molecule has 0 N–H and O–H groups in total. The lowest BCUT2D eigenvalue weighted by atomic mass is 9.80. The van der Waals surface area contributed by atoms with Crippen LogP contribution in [-0.4, -0.2) is 72.0 Å². The molecule has 0 heterocycles. The second-order valence-electron chi connectivity index (χ2n) is 11.2. The Morgan fingerprint density at radius 1 is 0.478 bits per heavy atom. The van der Waals surface area contributed by atoms with Crippen molar-refractivity contribution in [2.45, 2.75) is 63.9 Å². The van der Waals surface area contributed by atoms with E-state index in [9.17, 15) is 4.79 Å². The van der Waals surface area contributed by atoms with E-state index in [2.05, 4.69) is 43.3 Å². The molecule has 0 atom stereocenters. The lowest BCUT2D eigenvalue weighted by Crippen LogP contribution is -2.34. The molecular weight excluding hydrogens is 580 g/mol. The number of rotatable bonds is 27. The molecule has 0 saturated heterocycles. The fourth-order valence-electron chi connectivity index (χ4n) is 5.30. The van der Waals surface area contributed by atoms with Gasteiger partial charge in [0.2, 0.25) is 0 Å². The fraction of sp³-hybridized carbons (Fsp3) is 0.513. The lowest BCUT2D eigenvalue weighted by molar-refractivity contribution is -0.145. The third kappa shape index (κ3) is 14.1. The Bertz CT molecular complexity index is 1040. The van der Waals surface area contributed by atoms with Gasteiger partial charge >= 0.3 is 5.97 Å². The molecule has 0 fully saturated rings. The van der Waals surface area contributed by atoms with Crippen molar-refractivity contribution in [2.24, 2.45) is 0 Å². The van der Waals surface area contributed by atoms with Gasteiger partial charge in [-0.3, -0.25) is 4.79 Å². The van der Waals surface area contributed by atoms with Crippen LogP contribution in [0.3, 0.4) is 0 Å². The standard InChI is InChI=1S/C39H54O7/c1-2-3-4-5-6-7-17-24-38(40)45-33-31-43-29-27-41-25-26-42-28-30-44-32-34-46-39(35-18-11-8-12-19-35,36-20-13-9-14-21-36)37-22-15-10-16-23-37/h8-16,18-23H,2-7,17,24-34H2,1H3. The average molecular weight is 635 g/mol. The summed E-state index contributed by atoms with van der Waals surface area (Å²) in [5.74, 6) is -0.137. The van der Waals surface area contributed by atoms with Crippen LogP contribution < -0.4 is 0 Å². The van der Waals surface area contributed by atoms with Gasteiger partial charge in [0.05, 0.1) is 59.5 Å². The smallest absolute Gasteiger partial charge is 0.305 e. The van der Waals surface area contributed by atoms with Crippen molar-refractivity contribution in [1.29, 1.82) is 0 Å². The third-order valence-electron chi connectivity index (χ3n) is 7.68. The van der Waals surface area contributed by atoms with Crippen molar-refractivity contribution >= 4 is 5.97 Å². The van der Waals surface area contributed by atoms with E-state index in [0.717, 1.165) is 29.5 Å². The van der Waals surface area contributed by atoms with E-state index < -0.39 is 5.60 Å². The van der Waals surface area contributed by atoms with Crippen LogP contribution in [0.2, 0.25) is 0 Å². The molecule has 3 rings (SSSR count). The summed E-state index contributed by atoms with van der Waals surface area (Å²) >= 11 is 0. The highest BCUT2D eigenvalue weighted by Crippen LogP contribution is 2.40. The highest BCUT2D eigenvalue weighted by molar-refractivity contribution is 5.69. The monoisotopic (exact) mass is 634 g/mol. The zero-order valence-corrected chi connectivity index (χ0v) is 27.7. The summed E-state index contributed by atoms with van der Waals surface area (Å²) in [6, 6.07) is 31.0. The van der Waals surface area contributed by atoms with E-state index in [4.69, 9.17) is 28.4 Å². The molecule has 7 nitrogen and oxygen atoms in total. The van der Waals surface area contributed by atoms with Gasteiger partial charge in [0.25, 0.3) is 0 Å². The molecule has 0 unspecified atom stereocenters. The molecule has 7 heteroatoms. The van der Waals surface area contributed by atoms with Gasteiger partial charge in [0.15, 0.2) is 0 Å². The highest BCUT2D eigenvalue weighted by Gasteiger charge is 2.37. The first kappa shape index (κ1) is 37.4. The molecule has 46 heavy (non-hydrogen) atoms. The van der Waals surface area contributed by atoms with Crippen LogP contribution in [0.4, 0.5) is 0 Å². The molecular formula is C39H54O7. The van der Waals surface area contributed by atoms with E-state index in [1.54, 1.807) is 0 Å². The van der Waals surface area contributed by atoms with Crippen LogP contribution in [0.1, 0.15) is 75.0 Å². The van der Waals surface area contributed by atoms with Gasteiger partial charge in [-0.15, -0.1) is 0 Å². The van der Waals surface area contributed by atoms with Crippen LogP contribution in [0, 0.1) is 0 Å². The van der Waals surface area contributed by atoms with E-state index in [1.165, 1.54) is 32.1 Å². The molecule has 0 aliphatic heterocycles. The summed E-state index contributed by atoms with van der Waals surface area (Å²) in [4.78, 5) is 11.8. The molecule has 0 aromatic heterocycles. The number of hydrogen-bond donors (Lipinski definition) is 0. The quantitative estimate of drug-likeness (QED) is 0.0483. The Labute approximate surface area is 276 Å². The van der Waals surface area contributed by atoms with E-state index in [0.29, 0.717) is 65.9 Å². The first-order valence-electron chi connectivity index (χ1n) is 17.0. The van der Waals surface area contributed by atoms with Crippen molar-refractivity contribution in [2.75, 3.05) is 66.1 Å². The van der Waals surface area contributed by atoms with Crippen molar-refractivity contribution in [3.63, 3.8) is 0 Å². The maximum absolute atomic E-state index is 11.8. The molecule has 0 aliphatic carbocycles. The summed E-state index contributed by atoms with van der Waals surface area (Å²) in [5.41, 5.74) is 2.46. The largest absolute Gasteiger partial charge is 0.463 e. The number of hydrogen-bond acceptors (Lipinski definition) is 7. The molecule has 0 aliphatic rings. The Morgan fingerprint density at radius 2 is 0.848 bits per heavy atom. The van der Waals surface area contributed by atoms with Crippen LogP contribution in [-0.2, 0) is 38.8 Å². The maximum atomic E-state index is 11.8. The summed E-state index contributed by atoms with van der Waals surface area (Å²) in [6.07, 6.45) is 8.81. The van der Waals surface area contributed by atoms with Crippen LogP contribution in [0.5, 0.6) is 0 Å². The topological polar surface area (TPSA) is 72.5 Å². The van der Waals surface area contributed by atoms with Gasteiger partial charge < -0.3 is 28.4 Å². The number of unbranched alkanes of at least 4 members (excludes halogenated alkanes) is 6. The van der Waals surface area contributed by atoms with Gasteiger partial charge in [-0.05, 0) is 23.1 Å². The van der Waals surface area contributed by atoms with Gasteiger partial charge in [-0.1, -0.05) is 136 Å². The third-order valence-corrected chi connectivity index (χ3v) is 7.68. The zero-order valence-electron chi connectivity index (χ0n) is 27.7. The predicted molar refractivity (Wildman–Crippen MR) is 182 cm³/mol. The Hall–Kier alpha value is -3.07. The summed E-state index contributed by atoms with van der Waals surface area (Å²) in [5, 5.41) is 0. The fourth-order valence-corrected chi connectivity index (χ4v) is 5.30. The zero-order chi connectivity index (χ0) is 32.4. The first-order valence-corrected chi connectivity index (χ1v) is 17.0. The minimum absolute atomic E-state index is 0.137. The summed E-state index contributed by atoms with van der Waals surface area (Å²) in [7, 11) is 0. The van der Waals surface area contributed by atoms with Crippen LogP contribution >= 0.6 is 0 Å². The lowest BCUT2D eigenvalue weighted by Gasteiger charge is -2.36. The molecule has 0 spiro atoms. The first-order chi connectivity index (χ1) is 22.8. The minimum atomic E-state index is -0.748. The molecule has 0 radical (unpaired) electrons. The second-order valence-corrected chi connectivity index (χ2v) is 11.2. The molecule has 0 saturated carbocycles. The van der Waals surface area contributed by atoms with Crippen molar-refractivity contribution in [3.05, 3.63) is 108 Å². The summed E-state index contributed by atoms with van der Waals surface area (Å²) < 4.78 is 34.4. The van der Waals surface area contributed by atoms with Crippen LogP contribution in [0.15, 0.2) is 91.0 Å². The number of esters is 1. The maximum Gasteiger partial charge on any atom is 0.305 e. The van der Waals surface area contributed by atoms with Gasteiger partial charge in [0, 0.05) is 6.42 Å². The predicted octanol–water partition coefficient (Wildman–Crippen LogP) is 7.75. The Kier molecular flexibility index (Phi) is 19.6. The van der Waals surface area contributed by atoms with Gasteiger partial charge in [-0.25, -0.2) is 0 Å². The van der Waals surface area contributed by atoms with Crippen molar-refractivity contribution in [1.82, 2.24) is 0 Å². The molecule has 3 aromatic rings. The van der Waals surface area contributed by atoms with E-state index in [1.807, 2.05) is 54.6 Å². The van der Waals surface area contributed by atoms with Gasteiger partial charge in [-0.2, -0.15) is 0 Å². The number of carbonyl (C=O) groups excluding carboxylic acids is 1. The normalized spacial score (nSPS) is 11.5. The number of benzene rings is 3. The van der Waals surface area contributed by atoms with E-state index >= 15 is 0 Å². The van der Waals surface area contributed by atoms with Gasteiger partial charge in [0.1, 0.15) is 12.2 Å². The molecule has 0 amide bonds.